The Morgan fingerprint density at radius 2 is 1.93 bits per heavy atom. The largest absolute Gasteiger partial charge is 0.278 e. The van der Waals surface area contributed by atoms with Gasteiger partial charge in [-0.25, -0.2) is 0 Å². The molecule has 0 N–H and O–H groups in total. The van der Waals surface area contributed by atoms with Crippen LogP contribution >= 0.6 is 12.2 Å². The Labute approximate surface area is 92.8 Å². The van der Waals surface area contributed by atoms with E-state index in [2.05, 4.69) is 29.3 Å². The smallest absolute Gasteiger partial charge is 0.0748 e. The minimum atomic E-state index is 0.649. The summed E-state index contributed by atoms with van der Waals surface area (Å²) in [4.78, 5) is 5.44. The van der Waals surface area contributed by atoms with E-state index in [4.69, 9.17) is 12.2 Å². The molecule has 0 aliphatic carbocycles. The molecule has 72 valence electrons. The molecule has 0 amide bonds. The second-order valence-electron chi connectivity index (χ2n) is 3.65. The highest BCUT2D eigenvalue weighted by Crippen LogP contribution is 2.07. The van der Waals surface area contributed by atoms with Crippen molar-refractivity contribution in [1.82, 2.24) is 0 Å². The molecule has 0 unspecified atom stereocenters. The number of benzene rings is 2. The Hall–Kier alpha value is -1.54. The SMILES string of the molecule is S=C1C=c2ccc3ccccc3c2=NC1. The molecule has 2 aromatic carbocycles. The number of fused-ring (bicyclic) bond motifs is 3. The molecular weight excluding hydrogens is 202 g/mol. The molecule has 2 aromatic rings. The molecule has 0 spiro atoms. The van der Waals surface area contributed by atoms with E-state index in [0.29, 0.717) is 6.54 Å². The van der Waals surface area contributed by atoms with Gasteiger partial charge in [-0.05, 0) is 11.5 Å². The average Bonchev–Trinajstić information content (AvgIpc) is 2.28. The highest BCUT2D eigenvalue weighted by atomic mass is 32.1. The van der Waals surface area contributed by atoms with Crippen LogP contribution in [0, 0.1) is 0 Å². The molecule has 1 heterocycles. The van der Waals surface area contributed by atoms with Gasteiger partial charge in [0.05, 0.1) is 11.9 Å². The second-order valence-corrected chi connectivity index (χ2v) is 4.18. The highest BCUT2D eigenvalue weighted by Gasteiger charge is 2.02. The van der Waals surface area contributed by atoms with Gasteiger partial charge in [0.25, 0.3) is 0 Å². The molecule has 1 aliphatic rings. The van der Waals surface area contributed by atoms with Gasteiger partial charge in [-0.3, -0.25) is 4.99 Å². The fourth-order valence-corrected chi connectivity index (χ4v) is 2.13. The van der Waals surface area contributed by atoms with E-state index in [1.54, 1.807) is 0 Å². The molecule has 0 aromatic heterocycles. The molecule has 3 rings (SSSR count). The Morgan fingerprint density at radius 3 is 2.87 bits per heavy atom. The minimum Gasteiger partial charge on any atom is -0.278 e. The van der Waals surface area contributed by atoms with E-state index in [-0.39, 0.29) is 0 Å². The van der Waals surface area contributed by atoms with Crippen LogP contribution in [0.2, 0.25) is 0 Å². The first-order chi connectivity index (χ1) is 7.34. The predicted octanol–water partition coefficient (Wildman–Crippen LogP) is 1.62. The summed E-state index contributed by atoms with van der Waals surface area (Å²) in [6, 6.07) is 12.5. The molecule has 15 heavy (non-hydrogen) atoms. The van der Waals surface area contributed by atoms with E-state index >= 15 is 0 Å². The standard InChI is InChI=1S/C13H9NS/c15-11-7-10-6-5-9-3-1-2-4-12(9)13(10)14-8-11/h1-7H,8H2. The maximum atomic E-state index is 5.16. The third-order valence-corrected chi connectivity index (χ3v) is 2.89. The number of rotatable bonds is 0. The molecule has 0 saturated heterocycles. The van der Waals surface area contributed by atoms with E-state index in [0.717, 1.165) is 15.4 Å². The van der Waals surface area contributed by atoms with Crippen LogP contribution in [0.25, 0.3) is 16.8 Å². The Bertz CT molecular complexity index is 670. The first-order valence-electron chi connectivity index (χ1n) is 4.91. The van der Waals surface area contributed by atoms with E-state index in [1.807, 2.05) is 18.2 Å². The molecule has 0 bridgehead atoms. The van der Waals surface area contributed by atoms with Gasteiger partial charge < -0.3 is 0 Å². The maximum Gasteiger partial charge on any atom is 0.0748 e. The lowest BCUT2D eigenvalue weighted by Crippen LogP contribution is -2.31. The van der Waals surface area contributed by atoms with Crippen molar-refractivity contribution in [3.8, 4) is 0 Å². The predicted molar refractivity (Wildman–Crippen MR) is 66.7 cm³/mol. The van der Waals surface area contributed by atoms with Crippen LogP contribution in [0.1, 0.15) is 0 Å². The topological polar surface area (TPSA) is 12.4 Å². The highest BCUT2D eigenvalue weighted by molar-refractivity contribution is 7.81. The Kier molecular flexibility index (Phi) is 1.89. The normalized spacial score (nSPS) is 14.3. The summed E-state index contributed by atoms with van der Waals surface area (Å²) < 4.78 is 0. The summed E-state index contributed by atoms with van der Waals surface area (Å²) in [5.41, 5.74) is 0. The third-order valence-electron chi connectivity index (χ3n) is 2.64. The van der Waals surface area contributed by atoms with Gasteiger partial charge in [0.15, 0.2) is 0 Å². The van der Waals surface area contributed by atoms with E-state index < -0.39 is 0 Å². The third kappa shape index (κ3) is 1.38. The van der Waals surface area contributed by atoms with Crippen molar-refractivity contribution in [2.75, 3.05) is 6.54 Å². The van der Waals surface area contributed by atoms with Gasteiger partial charge in [-0.1, -0.05) is 48.6 Å². The van der Waals surface area contributed by atoms with Gasteiger partial charge in [-0.2, -0.15) is 0 Å². The van der Waals surface area contributed by atoms with Gasteiger partial charge in [0.2, 0.25) is 0 Å². The van der Waals surface area contributed by atoms with Crippen molar-refractivity contribution in [1.29, 1.82) is 0 Å². The molecule has 0 atom stereocenters. The molecule has 0 saturated carbocycles. The van der Waals surface area contributed by atoms with Crippen molar-refractivity contribution in [3.05, 3.63) is 47.0 Å². The fourth-order valence-electron chi connectivity index (χ4n) is 1.94. The molecule has 0 radical (unpaired) electrons. The molecule has 1 aliphatic heterocycles. The maximum absolute atomic E-state index is 5.16. The number of hydrogen-bond donors (Lipinski definition) is 0. The van der Waals surface area contributed by atoms with Crippen molar-refractivity contribution < 1.29 is 0 Å². The number of hydrogen-bond acceptors (Lipinski definition) is 2. The van der Waals surface area contributed by atoms with Gasteiger partial charge >= 0.3 is 0 Å². The second kappa shape index (κ2) is 3.24. The zero-order valence-corrected chi connectivity index (χ0v) is 8.92. The summed E-state index contributed by atoms with van der Waals surface area (Å²) in [5, 5.41) is 4.68. The van der Waals surface area contributed by atoms with Crippen LogP contribution in [0.4, 0.5) is 0 Å². The quantitative estimate of drug-likeness (QED) is 0.603. The van der Waals surface area contributed by atoms with Gasteiger partial charge in [0, 0.05) is 15.5 Å². The van der Waals surface area contributed by atoms with Gasteiger partial charge in [0.1, 0.15) is 0 Å². The van der Waals surface area contributed by atoms with Gasteiger partial charge in [-0.15, -0.1) is 0 Å². The summed E-state index contributed by atoms with van der Waals surface area (Å²) in [5.74, 6) is 0. The van der Waals surface area contributed by atoms with Crippen LogP contribution in [0.15, 0.2) is 41.4 Å². The van der Waals surface area contributed by atoms with Crippen molar-refractivity contribution in [3.63, 3.8) is 0 Å². The van der Waals surface area contributed by atoms with Crippen LogP contribution < -0.4 is 10.6 Å². The summed E-state index contributed by atoms with van der Waals surface area (Å²) in [7, 11) is 0. The lowest BCUT2D eigenvalue weighted by Gasteiger charge is -2.04. The fraction of sp³-hybridized carbons (Fsp3) is 0.0769. The van der Waals surface area contributed by atoms with Crippen molar-refractivity contribution in [2.24, 2.45) is 4.99 Å². The van der Waals surface area contributed by atoms with E-state index in [1.165, 1.54) is 10.8 Å². The summed E-state index contributed by atoms with van der Waals surface area (Å²) in [6.07, 6.45) is 2.05. The average molecular weight is 211 g/mol. The molecule has 1 nitrogen and oxygen atoms in total. The number of nitrogens with zero attached hydrogens (tertiary/aromatic N) is 1. The molecule has 2 heteroatoms. The Morgan fingerprint density at radius 1 is 1.07 bits per heavy atom. The van der Waals surface area contributed by atoms with Crippen LogP contribution in [0.5, 0.6) is 0 Å². The van der Waals surface area contributed by atoms with E-state index in [9.17, 15) is 0 Å². The monoisotopic (exact) mass is 211 g/mol. The van der Waals surface area contributed by atoms with Crippen LogP contribution in [-0.4, -0.2) is 11.4 Å². The lowest BCUT2D eigenvalue weighted by atomic mass is 10.1. The zero-order valence-electron chi connectivity index (χ0n) is 8.10. The van der Waals surface area contributed by atoms with Crippen LogP contribution in [0.3, 0.4) is 0 Å². The van der Waals surface area contributed by atoms with Crippen molar-refractivity contribution >= 4 is 33.9 Å². The molecular formula is C13H9NS. The van der Waals surface area contributed by atoms with Crippen molar-refractivity contribution in [2.45, 2.75) is 0 Å². The first kappa shape index (κ1) is 8.74. The van der Waals surface area contributed by atoms with Crippen LogP contribution in [-0.2, 0) is 0 Å². The Balaban J connectivity index is 2.56. The first-order valence-corrected chi connectivity index (χ1v) is 5.32. The zero-order chi connectivity index (χ0) is 10.3. The molecule has 0 fully saturated rings. The summed E-state index contributed by atoms with van der Waals surface area (Å²) >= 11 is 5.16. The number of thiocarbonyl (C=S) groups is 1. The minimum absolute atomic E-state index is 0.649. The summed E-state index contributed by atoms with van der Waals surface area (Å²) in [6.45, 7) is 0.649. The lowest BCUT2D eigenvalue weighted by molar-refractivity contribution is 1.19.